The van der Waals surface area contributed by atoms with Gasteiger partial charge in [0.2, 0.25) is 0 Å². The van der Waals surface area contributed by atoms with Crippen LogP contribution in [0.15, 0.2) is 0 Å². The van der Waals surface area contributed by atoms with E-state index in [2.05, 4.69) is 18.7 Å². The van der Waals surface area contributed by atoms with Gasteiger partial charge < -0.3 is 4.74 Å². The first-order valence-corrected chi connectivity index (χ1v) is 4.60. The Labute approximate surface area is 85.6 Å². The SMILES string of the molecule is CC1(C)CN(CCCl)CCO1.Cl. The molecule has 0 atom stereocenters. The average molecular weight is 214 g/mol. The van der Waals surface area contributed by atoms with E-state index >= 15 is 0 Å². The number of nitrogens with zero attached hydrogens (tertiary/aromatic N) is 1. The molecule has 1 heterocycles. The van der Waals surface area contributed by atoms with Crippen LogP contribution in [0.25, 0.3) is 0 Å². The lowest BCUT2D eigenvalue weighted by Crippen LogP contribution is -2.48. The molecule has 0 aromatic carbocycles. The molecule has 12 heavy (non-hydrogen) atoms. The Morgan fingerprint density at radius 1 is 1.50 bits per heavy atom. The summed E-state index contributed by atoms with van der Waals surface area (Å²) in [5.41, 5.74) is 0.0182. The highest BCUT2D eigenvalue weighted by molar-refractivity contribution is 6.18. The van der Waals surface area contributed by atoms with Crippen LogP contribution in [0.3, 0.4) is 0 Å². The van der Waals surface area contributed by atoms with Crippen LogP contribution in [0.1, 0.15) is 13.8 Å². The van der Waals surface area contributed by atoms with Crippen LogP contribution in [-0.4, -0.2) is 42.6 Å². The van der Waals surface area contributed by atoms with Crippen LogP contribution in [0.2, 0.25) is 0 Å². The zero-order chi connectivity index (χ0) is 8.32. The zero-order valence-electron chi connectivity index (χ0n) is 7.68. The van der Waals surface area contributed by atoms with Crippen molar-refractivity contribution in [3.8, 4) is 0 Å². The van der Waals surface area contributed by atoms with Gasteiger partial charge in [0.1, 0.15) is 0 Å². The summed E-state index contributed by atoms with van der Waals surface area (Å²) in [5, 5.41) is 0. The van der Waals surface area contributed by atoms with Gasteiger partial charge in [0, 0.05) is 25.5 Å². The second kappa shape index (κ2) is 5.28. The van der Waals surface area contributed by atoms with Crippen LogP contribution in [-0.2, 0) is 4.74 Å². The normalized spacial score (nSPS) is 23.2. The summed E-state index contributed by atoms with van der Waals surface area (Å²) >= 11 is 5.65. The molecule has 0 unspecified atom stereocenters. The van der Waals surface area contributed by atoms with E-state index < -0.39 is 0 Å². The summed E-state index contributed by atoms with van der Waals surface area (Å²) in [4.78, 5) is 2.34. The molecule has 0 spiro atoms. The lowest BCUT2D eigenvalue weighted by atomic mass is 10.1. The van der Waals surface area contributed by atoms with E-state index in [1.165, 1.54) is 0 Å². The largest absolute Gasteiger partial charge is 0.373 e. The molecule has 0 aromatic heterocycles. The Morgan fingerprint density at radius 3 is 2.67 bits per heavy atom. The molecule has 1 aliphatic heterocycles. The fourth-order valence-electron chi connectivity index (χ4n) is 1.42. The molecule has 0 N–H and O–H groups in total. The Bertz CT molecular complexity index is 128. The molecule has 4 heteroatoms. The molecule has 0 radical (unpaired) electrons. The second-order valence-electron chi connectivity index (χ2n) is 3.57. The molecule has 0 bridgehead atoms. The first-order valence-electron chi connectivity index (χ1n) is 4.06. The van der Waals surface area contributed by atoms with Crippen LogP contribution >= 0.6 is 24.0 Å². The molecular formula is C8H17Cl2NO. The van der Waals surface area contributed by atoms with Crippen LogP contribution < -0.4 is 0 Å². The number of rotatable bonds is 2. The van der Waals surface area contributed by atoms with Crippen molar-refractivity contribution in [2.24, 2.45) is 0 Å². The summed E-state index contributed by atoms with van der Waals surface area (Å²) in [6.07, 6.45) is 0. The van der Waals surface area contributed by atoms with Crippen molar-refractivity contribution >= 4 is 24.0 Å². The number of hydrogen-bond acceptors (Lipinski definition) is 2. The van der Waals surface area contributed by atoms with E-state index in [1.54, 1.807) is 0 Å². The van der Waals surface area contributed by atoms with Crippen molar-refractivity contribution in [3.63, 3.8) is 0 Å². The molecule has 1 saturated heterocycles. The summed E-state index contributed by atoms with van der Waals surface area (Å²) in [6, 6.07) is 0. The topological polar surface area (TPSA) is 12.5 Å². The Kier molecular flexibility index (Phi) is 5.50. The number of morpholine rings is 1. The molecule has 1 fully saturated rings. The smallest absolute Gasteiger partial charge is 0.0753 e. The summed E-state index contributed by atoms with van der Waals surface area (Å²) in [6.45, 7) is 8.08. The molecule has 1 rings (SSSR count). The molecule has 1 aliphatic rings. The van der Waals surface area contributed by atoms with Gasteiger partial charge >= 0.3 is 0 Å². The predicted octanol–water partition coefficient (Wildman–Crippen LogP) is 1.76. The Hall–Kier alpha value is 0.500. The van der Waals surface area contributed by atoms with E-state index in [4.69, 9.17) is 16.3 Å². The molecule has 0 aliphatic carbocycles. The van der Waals surface area contributed by atoms with Crippen LogP contribution in [0.5, 0.6) is 0 Å². The standard InChI is InChI=1S/C8H16ClNO.ClH/c1-8(2)7-10(4-3-9)5-6-11-8;/h3-7H2,1-2H3;1H. The molecule has 74 valence electrons. The first kappa shape index (κ1) is 12.5. The molecule has 0 amide bonds. The lowest BCUT2D eigenvalue weighted by molar-refractivity contribution is -0.0843. The third-order valence-corrected chi connectivity index (χ3v) is 2.07. The van der Waals surface area contributed by atoms with Gasteiger partial charge in [-0.3, -0.25) is 4.90 Å². The second-order valence-corrected chi connectivity index (χ2v) is 3.95. The number of hydrogen-bond donors (Lipinski definition) is 0. The van der Waals surface area contributed by atoms with Gasteiger partial charge in [-0.05, 0) is 13.8 Å². The van der Waals surface area contributed by atoms with Crippen molar-refractivity contribution in [3.05, 3.63) is 0 Å². The maximum Gasteiger partial charge on any atom is 0.0753 e. The molecule has 0 aromatic rings. The maximum atomic E-state index is 5.65. The average Bonchev–Trinajstić information content (AvgIpc) is 1.85. The van der Waals surface area contributed by atoms with Crippen molar-refractivity contribution in [1.82, 2.24) is 4.90 Å². The zero-order valence-corrected chi connectivity index (χ0v) is 9.25. The Balaban J connectivity index is 0.00000121. The van der Waals surface area contributed by atoms with Crippen LogP contribution in [0.4, 0.5) is 0 Å². The van der Waals surface area contributed by atoms with Gasteiger partial charge in [-0.1, -0.05) is 0 Å². The number of ether oxygens (including phenoxy) is 1. The van der Waals surface area contributed by atoms with Crippen molar-refractivity contribution < 1.29 is 4.74 Å². The monoisotopic (exact) mass is 213 g/mol. The highest BCUT2D eigenvalue weighted by Gasteiger charge is 2.26. The minimum atomic E-state index is 0. The molecule has 2 nitrogen and oxygen atoms in total. The van der Waals surface area contributed by atoms with Gasteiger partial charge in [0.15, 0.2) is 0 Å². The third kappa shape index (κ3) is 3.94. The Morgan fingerprint density at radius 2 is 2.17 bits per heavy atom. The van der Waals surface area contributed by atoms with Gasteiger partial charge in [-0.15, -0.1) is 24.0 Å². The van der Waals surface area contributed by atoms with Gasteiger partial charge in [-0.25, -0.2) is 0 Å². The predicted molar refractivity (Wildman–Crippen MR) is 54.4 cm³/mol. The van der Waals surface area contributed by atoms with Crippen molar-refractivity contribution in [2.45, 2.75) is 19.4 Å². The summed E-state index contributed by atoms with van der Waals surface area (Å²) in [5.74, 6) is 0.718. The van der Waals surface area contributed by atoms with Crippen molar-refractivity contribution in [2.75, 3.05) is 32.1 Å². The quantitative estimate of drug-likeness (QED) is 0.649. The minimum Gasteiger partial charge on any atom is -0.373 e. The highest BCUT2D eigenvalue weighted by Crippen LogP contribution is 2.15. The van der Waals surface area contributed by atoms with E-state index in [0.29, 0.717) is 0 Å². The van der Waals surface area contributed by atoms with Gasteiger partial charge in [0.25, 0.3) is 0 Å². The van der Waals surface area contributed by atoms with Gasteiger partial charge in [-0.2, -0.15) is 0 Å². The first-order chi connectivity index (χ1) is 5.14. The summed E-state index contributed by atoms with van der Waals surface area (Å²) < 4.78 is 5.56. The van der Waals surface area contributed by atoms with E-state index in [1.807, 2.05) is 0 Å². The number of alkyl halides is 1. The van der Waals surface area contributed by atoms with E-state index in [0.717, 1.165) is 32.1 Å². The fraction of sp³-hybridized carbons (Fsp3) is 1.00. The lowest BCUT2D eigenvalue weighted by Gasteiger charge is -2.37. The highest BCUT2D eigenvalue weighted by atomic mass is 35.5. The van der Waals surface area contributed by atoms with Gasteiger partial charge in [0.05, 0.1) is 12.2 Å². The third-order valence-electron chi connectivity index (χ3n) is 1.91. The number of halogens is 2. The fourth-order valence-corrected chi connectivity index (χ4v) is 1.66. The van der Waals surface area contributed by atoms with E-state index in [-0.39, 0.29) is 18.0 Å². The van der Waals surface area contributed by atoms with E-state index in [9.17, 15) is 0 Å². The van der Waals surface area contributed by atoms with Crippen molar-refractivity contribution in [1.29, 1.82) is 0 Å². The minimum absolute atomic E-state index is 0. The molecular weight excluding hydrogens is 197 g/mol. The summed E-state index contributed by atoms with van der Waals surface area (Å²) in [7, 11) is 0. The maximum absolute atomic E-state index is 5.65. The molecule has 0 saturated carbocycles. The van der Waals surface area contributed by atoms with Crippen LogP contribution in [0, 0.1) is 0 Å².